The van der Waals surface area contributed by atoms with Crippen molar-refractivity contribution in [1.29, 1.82) is 0 Å². The van der Waals surface area contributed by atoms with Crippen molar-refractivity contribution >= 4 is 5.95 Å². The summed E-state index contributed by atoms with van der Waals surface area (Å²) in [7, 11) is 0. The lowest BCUT2D eigenvalue weighted by molar-refractivity contribution is 0.315. The summed E-state index contributed by atoms with van der Waals surface area (Å²) in [5.41, 5.74) is 1.13. The van der Waals surface area contributed by atoms with E-state index in [0.29, 0.717) is 6.04 Å². The Morgan fingerprint density at radius 2 is 2.11 bits per heavy atom. The van der Waals surface area contributed by atoms with Crippen molar-refractivity contribution in [2.75, 3.05) is 5.32 Å². The average Bonchev–Trinajstić information content (AvgIpc) is 2.77. The highest BCUT2D eigenvalue weighted by molar-refractivity contribution is 5.30. The Balaban J connectivity index is 2.04. The molecule has 3 nitrogen and oxygen atoms in total. The van der Waals surface area contributed by atoms with Crippen LogP contribution >= 0.6 is 0 Å². The molecule has 19 heavy (non-hydrogen) atoms. The fourth-order valence-electron chi connectivity index (χ4n) is 3.21. The lowest BCUT2D eigenvalue weighted by Crippen LogP contribution is -2.32. The van der Waals surface area contributed by atoms with E-state index in [1.165, 1.54) is 44.9 Å². The smallest absolute Gasteiger partial charge is 0.203 e. The molecule has 0 aromatic carbocycles. The second kappa shape index (κ2) is 6.97. The van der Waals surface area contributed by atoms with E-state index in [2.05, 4.69) is 41.8 Å². The zero-order chi connectivity index (χ0) is 13.7. The fraction of sp³-hybridized carbons (Fsp3) is 0.812. The minimum Gasteiger partial charge on any atom is -0.353 e. The molecule has 1 saturated carbocycles. The van der Waals surface area contributed by atoms with Gasteiger partial charge in [-0.3, -0.25) is 0 Å². The molecule has 1 aliphatic carbocycles. The molecule has 3 heteroatoms. The molecule has 1 N–H and O–H groups in total. The minimum atomic E-state index is 0.626. The summed E-state index contributed by atoms with van der Waals surface area (Å²) < 4.78 is 2.31. The molecule has 1 aromatic rings. The minimum absolute atomic E-state index is 0.626. The summed E-state index contributed by atoms with van der Waals surface area (Å²) in [6, 6.07) is 0.626. The Kier molecular flexibility index (Phi) is 5.29. The second-order valence-electron chi connectivity index (χ2n) is 5.96. The molecular weight excluding hydrogens is 234 g/mol. The summed E-state index contributed by atoms with van der Waals surface area (Å²) in [5, 5.41) is 3.73. The largest absolute Gasteiger partial charge is 0.353 e. The van der Waals surface area contributed by atoms with Crippen molar-refractivity contribution < 1.29 is 0 Å². The standard InChI is InChI=1S/C16H29N3/c1-4-6-11-19-12-13(3)17-16(19)18-15-10-8-7-9-14(15)5-2/h12,14-15H,4-11H2,1-3H3,(H,17,18). The molecule has 0 spiro atoms. The molecule has 2 rings (SSSR count). The summed E-state index contributed by atoms with van der Waals surface area (Å²) in [6.07, 6.45) is 11.4. The monoisotopic (exact) mass is 263 g/mol. The number of aryl methyl sites for hydroxylation is 2. The van der Waals surface area contributed by atoms with Gasteiger partial charge >= 0.3 is 0 Å². The number of imidazole rings is 1. The van der Waals surface area contributed by atoms with Gasteiger partial charge in [-0.1, -0.05) is 39.5 Å². The third-order valence-corrected chi connectivity index (χ3v) is 4.40. The molecular formula is C16H29N3. The summed E-state index contributed by atoms with van der Waals surface area (Å²) >= 11 is 0. The quantitative estimate of drug-likeness (QED) is 0.825. The molecule has 0 aliphatic heterocycles. The Labute approximate surface area is 117 Å². The van der Waals surface area contributed by atoms with Gasteiger partial charge < -0.3 is 9.88 Å². The van der Waals surface area contributed by atoms with Crippen LogP contribution in [0.15, 0.2) is 6.20 Å². The molecule has 0 saturated heterocycles. The Hall–Kier alpha value is -0.990. The van der Waals surface area contributed by atoms with Gasteiger partial charge in [0.25, 0.3) is 0 Å². The molecule has 108 valence electrons. The highest BCUT2D eigenvalue weighted by Crippen LogP contribution is 2.29. The third-order valence-electron chi connectivity index (χ3n) is 4.40. The number of nitrogens with zero attached hydrogens (tertiary/aromatic N) is 2. The van der Waals surface area contributed by atoms with Gasteiger partial charge in [-0.2, -0.15) is 0 Å². The first-order chi connectivity index (χ1) is 9.24. The summed E-state index contributed by atoms with van der Waals surface area (Å²) in [6.45, 7) is 7.74. The van der Waals surface area contributed by atoms with Crippen molar-refractivity contribution in [2.45, 2.75) is 78.3 Å². The third kappa shape index (κ3) is 3.74. The van der Waals surface area contributed by atoms with Gasteiger partial charge in [0, 0.05) is 18.8 Å². The van der Waals surface area contributed by atoms with E-state index in [0.717, 1.165) is 24.1 Å². The predicted molar refractivity (Wildman–Crippen MR) is 81.5 cm³/mol. The first-order valence-corrected chi connectivity index (χ1v) is 8.04. The predicted octanol–water partition coefficient (Wildman–Crippen LogP) is 4.37. The van der Waals surface area contributed by atoms with E-state index in [1.807, 2.05) is 0 Å². The Morgan fingerprint density at radius 1 is 1.32 bits per heavy atom. The molecule has 1 aromatic heterocycles. The van der Waals surface area contributed by atoms with Crippen LogP contribution in [0, 0.1) is 12.8 Å². The van der Waals surface area contributed by atoms with Gasteiger partial charge in [0.05, 0.1) is 5.69 Å². The van der Waals surface area contributed by atoms with Crippen molar-refractivity contribution in [1.82, 2.24) is 9.55 Å². The van der Waals surface area contributed by atoms with Crippen LogP contribution in [0.3, 0.4) is 0 Å². The molecule has 2 atom stereocenters. The number of hydrogen-bond donors (Lipinski definition) is 1. The van der Waals surface area contributed by atoms with Crippen LogP contribution in [0.2, 0.25) is 0 Å². The van der Waals surface area contributed by atoms with E-state index in [-0.39, 0.29) is 0 Å². The van der Waals surface area contributed by atoms with Crippen LogP contribution in [0.1, 0.15) is 64.5 Å². The van der Waals surface area contributed by atoms with E-state index >= 15 is 0 Å². The fourth-order valence-corrected chi connectivity index (χ4v) is 3.21. The Bertz CT molecular complexity index is 383. The van der Waals surface area contributed by atoms with Crippen LogP contribution in [0.4, 0.5) is 5.95 Å². The highest BCUT2D eigenvalue weighted by Gasteiger charge is 2.24. The van der Waals surface area contributed by atoms with Crippen molar-refractivity contribution in [3.05, 3.63) is 11.9 Å². The molecule has 1 heterocycles. The number of anilines is 1. The average molecular weight is 263 g/mol. The van der Waals surface area contributed by atoms with Crippen LogP contribution in [0.5, 0.6) is 0 Å². The number of hydrogen-bond acceptors (Lipinski definition) is 2. The zero-order valence-electron chi connectivity index (χ0n) is 12.8. The molecule has 0 radical (unpaired) electrons. The van der Waals surface area contributed by atoms with E-state index < -0.39 is 0 Å². The normalized spacial score (nSPS) is 23.5. The maximum atomic E-state index is 4.68. The number of nitrogens with one attached hydrogen (secondary N) is 1. The topological polar surface area (TPSA) is 29.9 Å². The Morgan fingerprint density at radius 3 is 2.84 bits per heavy atom. The molecule has 0 bridgehead atoms. The maximum absolute atomic E-state index is 4.68. The van der Waals surface area contributed by atoms with E-state index in [1.54, 1.807) is 0 Å². The number of unbranched alkanes of at least 4 members (excludes halogenated alkanes) is 1. The highest BCUT2D eigenvalue weighted by atomic mass is 15.2. The van der Waals surface area contributed by atoms with Crippen LogP contribution in [0.25, 0.3) is 0 Å². The SMILES string of the molecule is CCCCn1cc(C)nc1NC1CCCCC1CC. The lowest BCUT2D eigenvalue weighted by Gasteiger charge is -2.32. The summed E-state index contributed by atoms with van der Waals surface area (Å²) in [4.78, 5) is 4.68. The number of rotatable bonds is 6. The second-order valence-corrected chi connectivity index (χ2v) is 5.96. The summed E-state index contributed by atoms with van der Waals surface area (Å²) in [5.74, 6) is 1.92. The van der Waals surface area contributed by atoms with Crippen molar-refractivity contribution in [2.24, 2.45) is 5.92 Å². The first-order valence-electron chi connectivity index (χ1n) is 8.04. The number of aromatic nitrogens is 2. The zero-order valence-corrected chi connectivity index (χ0v) is 12.8. The van der Waals surface area contributed by atoms with E-state index in [4.69, 9.17) is 0 Å². The first kappa shape index (κ1) is 14.4. The molecule has 0 amide bonds. The van der Waals surface area contributed by atoms with Gasteiger partial charge in [0.2, 0.25) is 5.95 Å². The molecule has 1 fully saturated rings. The molecule has 2 unspecified atom stereocenters. The van der Waals surface area contributed by atoms with Gasteiger partial charge in [-0.15, -0.1) is 0 Å². The van der Waals surface area contributed by atoms with Crippen LogP contribution in [-0.2, 0) is 6.54 Å². The maximum Gasteiger partial charge on any atom is 0.203 e. The van der Waals surface area contributed by atoms with Crippen molar-refractivity contribution in [3.63, 3.8) is 0 Å². The van der Waals surface area contributed by atoms with Crippen molar-refractivity contribution in [3.8, 4) is 0 Å². The molecule has 1 aliphatic rings. The van der Waals surface area contributed by atoms with E-state index in [9.17, 15) is 0 Å². The van der Waals surface area contributed by atoms with Gasteiger partial charge in [0.15, 0.2) is 0 Å². The van der Waals surface area contributed by atoms with Gasteiger partial charge in [0.1, 0.15) is 0 Å². The lowest BCUT2D eigenvalue weighted by atomic mass is 9.83. The van der Waals surface area contributed by atoms with Gasteiger partial charge in [-0.05, 0) is 32.1 Å². The van der Waals surface area contributed by atoms with Crippen LogP contribution < -0.4 is 5.32 Å². The van der Waals surface area contributed by atoms with Crippen LogP contribution in [-0.4, -0.2) is 15.6 Å². The van der Waals surface area contributed by atoms with Gasteiger partial charge in [-0.25, -0.2) is 4.98 Å².